The van der Waals surface area contributed by atoms with E-state index in [9.17, 15) is 0 Å². The maximum Gasteiger partial charge on any atom is 0.0113 e. The second-order valence-electron chi connectivity index (χ2n) is 6.63. The lowest BCUT2D eigenvalue weighted by atomic mass is 9.93. The van der Waals surface area contributed by atoms with Crippen LogP contribution in [0, 0.1) is 17.8 Å². The maximum atomic E-state index is 2.72. The van der Waals surface area contributed by atoms with Crippen molar-refractivity contribution in [1.29, 1.82) is 0 Å². The van der Waals surface area contributed by atoms with E-state index in [4.69, 9.17) is 0 Å². The van der Waals surface area contributed by atoms with Crippen LogP contribution in [0.4, 0.5) is 0 Å². The summed E-state index contributed by atoms with van der Waals surface area (Å²) in [4.78, 5) is 5.38. The molecular weight excluding hydrogens is 220 g/mol. The van der Waals surface area contributed by atoms with E-state index in [1.165, 1.54) is 52.0 Å². The second kappa shape index (κ2) is 5.34. The Hall–Kier alpha value is -0.340. The Labute approximate surface area is 112 Å². The first-order chi connectivity index (χ1) is 8.76. The molecule has 102 valence electrons. The highest BCUT2D eigenvalue weighted by Gasteiger charge is 2.36. The summed E-state index contributed by atoms with van der Waals surface area (Å²) in [7, 11) is 0. The highest BCUT2D eigenvalue weighted by molar-refractivity contribution is 5.10. The fourth-order valence-corrected chi connectivity index (χ4v) is 4.08. The van der Waals surface area contributed by atoms with E-state index in [-0.39, 0.29) is 0 Å². The van der Waals surface area contributed by atoms with Crippen LogP contribution >= 0.6 is 0 Å². The molecule has 2 nitrogen and oxygen atoms in total. The summed E-state index contributed by atoms with van der Waals surface area (Å²) in [5.74, 6) is 2.82. The van der Waals surface area contributed by atoms with E-state index in [1.807, 2.05) is 0 Å². The smallest absolute Gasteiger partial charge is 0.0113 e. The van der Waals surface area contributed by atoms with E-state index in [0.717, 1.165) is 23.8 Å². The van der Waals surface area contributed by atoms with Gasteiger partial charge in [-0.1, -0.05) is 19.1 Å². The Balaban J connectivity index is 1.45. The zero-order valence-electron chi connectivity index (χ0n) is 12.0. The molecule has 0 unspecified atom stereocenters. The van der Waals surface area contributed by atoms with Gasteiger partial charge in [-0.15, -0.1) is 0 Å². The standard InChI is InChI=1S/C16H28N2/c1-3-13(2)18-8-6-17(7-9-18)12-16-11-14-4-5-15(16)10-14/h4-5,13-16H,3,6-12H2,1-2H3/t13-,14-,15-,16-/m0/s1. The first kappa shape index (κ1) is 12.7. The molecule has 0 aromatic carbocycles. The molecule has 0 spiro atoms. The van der Waals surface area contributed by atoms with Crippen molar-refractivity contribution < 1.29 is 0 Å². The lowest BCUT2D eigenvalue weighted by Crippen LogP contribution is -2.50. The van der Waals surface area contributed by atoms with Gasteiger partial charge in [0.1, 0.15) is 0 Å². The Morgan fingerprint density at radius 3 is 2.44 bits per heavy atom. The minimum atomic E-state index is 0.776. The molecular formula is C16H28N2. The summed E-state index contributed by atoms with van der Waals surface area (Å²) in [6, 6.07) is 0.776. The Kier molecular flexibility index (Phi) is 3.76. The monoisotopic (exact) mass is 248 g/mol. The van der Waals surface area contributed by atoms with Crippen LogP contribution in [-0.2, 0) is 0 Å². The Bertz CT molecular complexity index is 304. The molecule has 1 saturated carbocycles. The molecule has 0 radical (unpaired) electrons. The van der Waals surface area contributed by atoms with Crippen molar-refractivity contribution in [3.63, 3.8) is 0 Å². The number of piperazine rings is 1. The average molecular weight is 248 g/mol. The minimum Gasteiger partial charge on any atom is -0.300 e. The number of rotatable bonds is 4. The molecule has 1 heterocycles. The van der Waals surface area contributed by atoms with Crippen molar-refractivity contribution in [2.45, 2.75) is 39.2 Å². The molecule has 0 amide bonds. The van der Waals surface area contributed by atoms with E-state index in [1.54, 1.807) is 0 Å². The van der Waals surface area contributed by atoms with Crippen LogP contribution in [0.3, 0.4) is 0 Å². The molecule has 2 bridgehead atoms. The zero-order chi connectivity index (χ0) is 12.5. The van der Waals surface area contributed by atoms with Gasteiger partial charge in [-0.2, -0.15) is 0 Å². The van der Waals surface area contributed by atoms with Gasteiger partial charge in [-0.3, -0.25) is 4.90 Å². The predicted molar refractivity (Wildman–Crippen MR) is 76.6 cm³/mol. The molecule has 2 aliphatic carbocycles. The summed E-state index contributed by atoms with van der Waals surface area (Å²) < 4.78 is 0. The summed E-state index contributed by atoms with van der Waals surface area (Å²) in [5.41, 5.74) is 0. The van der Waals surface area contributed by atoms with Crippen molar-refractivity contribution >= 4 is 0 Å². The Morgan fingerprint density at radius 1 is 1.11 bits per heavy atom. The first-order valence-electron chi connectivity index (χ1n) is 7.91. The van der Waals surface area contributed by atoms with Crippen LogP contribution in [0.25, 0.3) is 0 Å². The molecule has 1 saturated heterocycles. The van der Waals surface area contributed by atoms with Crippen molar-refractivity contribution in [2.75, 3.05) is 32.7 Å². The fraction of sp³-hybridized carbons (Fsp3) is 0.875. The predicted octanol–water partition coefficient (Wildman–Crippen LogP) is 2.61. The minimum absolute atomic E-state index is 0.776. The molecule has 1 aliphatic heterocycles. The van der Waals surface area contributed by atoms with Crippen LogP contribution < -0.4 is 0 Å². The lowest BCUT2D eigenvalue weighted by Gasteiger charge is -2.39. The largest absolute Gasteiger partial charge is 0.300 e. The molecule has 3 rings (SSSR count). The van der Waals surface area contributed by atoms with Crippen LogP contribution in [0.2, 0.25) is 0 Å². The third kappa shape index (κ3) is 2.50. The third-order valence-electron chi connectivity index (χ3n) is 5.53. The Morgan fingerprint density at radius 2 is 1.89 bits per heavy atom. The molecule has 4 atom stereocenters. The molecule has 0 aromatic heterocycles. The lowest BCUT2D eigenvalue weighted by molar-refractivity contribution is 0.0868. The van der Waals surface area contributed by atoms with E-state index >= 15 is 0 Å². The van der Waals surface area contributed by atoms with Crippen molar-refractivity contribution in [2.24, 2.45) is 17.8 Å². The average Bonchev–Trinajstić information content (AvgIpc) is 3.01. The summed E-state index contributed by atoms with van der Waals surface area (Å²) in [6.45, 7) is 11.2. The van der Waals surface area contributed by atoms with Gasteiger partial charge in [-0.05, 0) is 43.9 Å². The van der Waals surface area contributed by atoms with Crippen molar-refractivity contribution in [3.05, 3.63) is 12.2 Å². The molecule has 0 aromatic rings. The van der Waals surface area contributed by atoms with Crippen LogP contribution in [0.1, 0.15) is 33.1 Å². The number of nitrogens with zero attached hydrogens (tertiary/aromatic N) is 2. The number of allylic oxidation sites excluding steroid dienone is 2. The highest BCUT2D eigenvalue weighted by Crippen LogP contribution is 2.43. The molecule has 18 heavy (non-hydrogen) atoms. The summed E-state index contributed by atoms with van der Waals surface area (Å²) in [6.07, 6.45) is 9.16. The maximum absolute atomic E-state index is 2.72. The quantitative estimate of drug-likeness (QED) is 0.706. The zero-order valence-corrected chi connectivity index (χ0v) is 12.0. The van der Waals surface area contributed by atoms with Gasteiger partial charge in [-0.25, -0.2) is 0 Å². The van der Waals surface area contributed by atoms with Gasteiger partial charge in [0.15, 0.2) is 0 Å². The second-order valence-corrected chi connectivity index (χ2v) is 6.63. The van der Waals surface area contributed by atoms with Gasteiger partial charge in [0.25, 0.3) is 0 Å². The van der Waals surface area contributed by atoms with E-state index in [0.29, 0.717) is 0 Å². The fourth-order valence-electron chi connectivity index (χ4n) is 4.08. The van der Waals surface area contributed by atoms with Crippen LogP contribution in [-0.4, -0.2) is 48.6 Å². The number of hydrogen-bond acceptors (Lipinski definition) is 2. The number of fused-ring (bicyclic) bond motifs is 2. The van der Waals surface area contributed by atoms with E-state index < -0.39 is 0 Å². The first-order valence-corrected chi connectivity index (χ1v) is 7.91. The summed E-state index contributed by atoms with van der Waals surface area (Å²) >= 11 is 0. The highest BCUT2D eigenvalue weighted by atomic mass is 15.3. The molecule has 2 heteroatoms. The third-order valence-corrected chi connectivity index (χ3v) is 5.53. The van der Waals surface area contributed by atoms with Gasteiger partial charge in [0, 0.05) is 38.8 Å². The molecule has 3 aliphatic rings. The molecule has 0 N–H and O–H groups in total. The normalized spacial score (nSPS) is 38.4. The van der Waals surface area contributed by atoms with E-state index in [2.05, 4.69) is 35.8 Å². The number of hydrogen-bond donors (Lipinski definition) is 0. The molecule has 2 fully saturated rings. The van der Waals surface area contributed by atoms with Gasteiger partial charge in [0.2, 0.25) is 0 Å². The van der Waals surface area contributed by atoms with Crippen LogP contribution in [0.15, 0.2) is 12.2 Å². The van der Waals surface area contributed by atoms with Crippen molar-refractivity contribution in [3.8, 4) is 0 Å². The van der Waals surface area contributed by atoms with Gasteiger partial charge in [0.05, 0.1) is 0 Å². The SMILES string of the molecule is CC[C@H](C)N1CCN(C[C@@H]2C[C@H]3C=C[C@H]2C3)CC1. The topological polar surface area (TPSA) is 6.48 Å². The summed E-state index contributed by atoms with van der Waals surface area (Å²) in [5, 5.41) is 0. The van der Waals surface area contributed by atoms with Crippen LogP contribution in [0.5, 0.6) is 0 Å². The van der Waals surface area contributed by atoms with Gasteiger partial charge < -0.3 is 4.90 Å². The van der Waals surface area contributed by atoms with Crippen molar-refractivity contribution in [1.82, 2.24) is 9.80 Å². The van der Waals surface area contributed by atoms with Gasteiger partial charge >= 0.3 is 0 Å².